The molecule has 1 saturated carbocycles. The third kappa shape index (κ3) is 3.68. The molecule has 0 spiro atoms. The molecule has 0 aromatic carbocycles. The van der Waals surface area contributed by atoms with E-state index in [9.17, 15) is 9.59 Å². The lowest BCUT2D eigenvalue weighted by Gasteiger charge is -2.29. The van der Waals surface area contributed by atoms with Crippen molar-refractivity contribution < 1.29 is 14.7 Å². The Hall–Kier alpha value is -1.32. The van der Waals surface area contributed by atoms with Crippen LogP contribution in [-0.2, 0) is 9.59 Å². The molecule has 16 heavy (non-hydrogen) atoms. The molecule has 1 fully saturated rings. The highest BCUT2D eigenvalue weighted by atomic mass is 16.4. The maximum Gasteiger partial charge on any atom is 0.308 e. The molecule has 4 heteroatoms. The Bertz CT molecular complexity index is 275. The largest absolute Gasteiger partial charge is 0.481 e. The number of carboxylic acid groups (broad SMARTS) is 1. The second-order valence-corrected chi connectivity index (χ2v) is 4.23. The predicted octanol–water partition coefficient (Wildman–Crippen LogP) is 1.71. The van der Waals surface area contributed by atoms with E-state index in [-0.39, 0.29) is 11.9 Å². The summed E-state index contributed by atoms with van der Waals surface area (Å²) < 4.78 is 0. The number of hydrogen-bond donors (Lipinski definition) is 2. The Kier molecular flexibility index (Phi) is 5.02. The van der Waals surface area contributed by atoms with E-state index >= 15 is 0 Å². The number of amides is 1. The molecule has 2 N–H and O–H groups in total. The molecular formula is C12H19NO3. The van der Waals surface area contributed by atoms with Crippen LogP contribution in [0.3, 0.4) is 0 Å². The van der Waals surface area contributed by atoms with Gasteiger partial charge in [-0.3, -0.25) is 9.59 Å². The summed E-state index contributed by atoms with van der Waals surface area (Å²) in [4.78, 5) is 22.5. The van der Waals surface area contributed by atoms with Crippen LogP contribution in [0.5, 0.6) is 0 Å². The summed E-state index contributed by atoms with van der Waals surface area (Å²) in [5, 5.41) is 11.8. The van der Waals surface area contributed by atoms with Gasteiger partial charge in [0.25, 0.3) is 0 Å². The zero-order valence-corrected chi connectivity index (χ0v) is 9.45. The first-order valence-corrected chi connectivity index (χ1v) is 5.78. The van der Waals surface area contributed by atoms with E-state index < -0.39 is 11.9 Å². The minimum atomic E-state index is -0.797. The summed E-state index contributed by atoms with van der Waals surface area (Å²) >= 11 is 0. The van der Waals surface area contributed by atoms with Crippen molar-refractivity contribution in [1.29, 1.82) is 0 Å². The minimum absolute atomic E-state index is 0.0713. The average molecular weight is 225 g/mol. The fourth-order valence-corrected chi connectivity index (χ4v) is 2.11. The molecular weight excluding hydrogens is 206 g/mol. The van der Waals surface area contributed by atoms with E-state index in [4.69, 9.17) is 5.11 Å². The molecule has 2 atom stereocenters. The van der Waals surface area contributed by atoms with Gasteiger partial charge in [0.15, 0.2) is 0 Å². The fourth-order valence-electron chi connectivity index (χ4n) is 2.11. The van der Waals surface area contributed by atoms with Crippen molar-refractivity contribution in [3.63, 3.8) is 0 Å². The zero-order chi connectivity index (χ0) is 12.0. The van der Waals surface area contributed by atoms with Crippen LogP contribution in [0.1, 0.15) is 38.5 Å². The van der Waals surface area contributed by atoms with Gasteiger partial charge in [0.2, 0.25) is 5.91 Å². The van der Waals surface area contributed by atoms with E-state index in [0.29, 0.717) is 19.3 Å². The van der Waals surface area contributed by atoms with Gasteiger partial charge in [-0.1, -0.05) is 18.9 Å². The number of carbonyl (C=O) groups is 2. The maximum atomic E-state index is 11.5. The number of carbonyl (C=O) groups excluding carboxylic acids is 1. The van der Waals surface area contributed by atoms with Crippen molar-refractivity contribution in [3.05, 3.63) is 12.7 Å². The predicted molar refractivity (Wildman–Crippen MR) is 61.0 cm³/mol. The second kappa shape index (κ2) is 6.30. The zero-order valence-electron chi connectivity index (χ0n) is 9.45. The molecule has 0 heterocycles. The SMILES string of the molecule is C=CCCC(=O)N[C@@H]1CCCC[C@H]1C(=O)O. The third-order valence-electron chi connectivity index (χ3n) is 3.01. The lowest BCUT2D eigenvalue weighted by molar-refractivity contribution is -0.144. The molecule has 0 aromatic rings. The van der Waals surface area contributed by atoms with E-state index in [2.05, 4.69) is 11.9 Å². The second-order valence-electron chi connectivity index (χ2n) is 4.23. The Morgan fingerprint density at radius 1 is 1.38 bits per heavy atom. The highest BCUT2D eigenvalue weighted by molar-refractivity contribution is 5.78. The van der Waals surface area contributed by atoms with Gasteiger partial charge in [-0.2, -0.15) is 0 Å². The summed E-state index contributed by atoms with van der Waals surface area (Å²) in [6.45, 7) is 3.55. The minimum Gasteiger partial charge on any atom is -0.481 e. The summed E-state index contributed by atoms with van der Waals surface area (Å²) in [7, 11) is 0. The Morgan fingerprint density at radius 3 is 2.69 bits per heavy atom. The van der Waals surface area contributed by atoms with E-state index in [1.807, 2.05) is 0 Å². The van der Waals surface area contributed by atoms with Gasteiger partial charge in [0.1, 0.15) is 0 Å². The quantitative estimate of drug-likeness (QED) is 0.700. The van der Waals surface area contributed by atoms with Crippen molar-refractivity contribution in [2.45, 2.75) is 44.6 Å². The van der Waals surface area contributed by atoms with Crippen LogP contribution in [-0.4, -0.2) is 23.0 Å². The number of carboxylic acids is 1. The van der Waals surface area contributed by atoms with Gasteiger partial charge in [-0.15, -0.1) is 6.58 Å². The molecule has 90 valence electrons. The number of rotatable bonds is 5. The van der Waals surface area contributed by atoms with Crippen LogP contribution in [0.4, 0.5) is 0 Å². The molecule has 0 aliphatic heterocycles. The summed E-state index contributed by atoms with van der Waals surface area (Å²) in [6.07, 6.45) is 6.10. The first-order valence-electron chi connectivity index (χ1n) is 5.78. The van der Waals surface area contributed by atoms with Gasteiger partial charge in [-0.25, -0.2) is 0 Å². The van der Waals surface area contributed by atoms with Crippen LogP contribution in [0.25, 0.3) is 0 Å². The van der Waals surface area contributed by atoms with Crippen molar-refractivity contribution in [3.8, 4) is 0 Å². The van der Waals surface area contributed by atoms with Gasteiger partial charge in [0, 0.05) is 12.5 Å². The molecule has 4 nitrogen and oxygen atoms in total. The third-order valence-corrected chi connectivity index (χ3v) is 3.01. The van der Waals surface area contributed by atoms with Gasteiger partial charge < -0.3 is 10.4 Å². The molecule has 1 aliphatic rings. The maximum absolute atomic E-state index is 11.5. The molecule has 1 aliphatic carbocycles. The molecule has 1 amide bonds. The average Bonchev–Trinajstić information content (AvgIpc) is 2.27. The number of allylic oxidation sites excluding steroid dienone is 1. The van der Waals surface area contributed by atoms with Crippen molar-refractivity contribution in [1.82, 2.24) is 5.32 Å². The van der Waals surface area contributed by atoms with Crippen LogP contribution in [0, 0.1) is 5.92 Å². The van der Waals surface area contributed by atoms with Crippen LogP contribution in [0.15, 0.2) is 12.7 Å². The number of aliphatic carboxylic acids is 1. The summed E-state index contributed by atoms with van der Waals surface area (Å²) in [5.74, 6) is -1.28. The Morgan fingerprint density at radius 2 is 2.06 bits per heavy atom. The highest BCUT2D eigenvalue weighted by Gasteiger charge is 2.31. The highest BCUT2D eigenvalue weighted by Crippen LogP contribution is 2.24. The molecule has 0 bridgehead atoms. The first-order chi connectivity index (χ1) is 7.65. The smallest absolute Gasteiger partial charge is 0.308 e. The van der Waals surface area contributed by atoms with E-state index in [1.54, 1.807) is 6.08 Å². The van der Waals surface area contributed by atoms with E-state index in [0.717, 1.165) is 19.3 Å². The van der Waals surface area contributed by atoms with Crippen LogP contribution >= 0.6 is 0 Å². The van der Waals surface area contributed by atoms with Crippen LogP contribution < -0.4 is 5.32 Å². The van der Waals surface area contributed by atoms with Gasteiger partial charge in [-0.05, 0) is 19.3 Å². The fraction of sp³-hybridized carbons (Fsp3) is 0.667. The normalized spacial score (nSPS) is 24.8. The standard InChI is InChI=1S/C12H19NO3/c1-2-3-8-11(14)13-10-7-5-4-6-9(10)12(15)16/h2,9-10H,1,3-8H2,(H,13,14)(H,15,16)/t9-,10-/m1/s1. The summed E-state index contributed by atoms with van der Waals surface area (Å²) in [5.41, 5.74) is 0. The van der Waals surface area contributed by atoms with E-state index in [1.165, 1.54) is 0 Å². The Balaban J connectivity index is 2.46. The Labute approximate surface area is 95.7 Å². The lowest BCUT2D eigenvalue weighted by Crippen LogP contribution is -2.45. The molecule has 0 saturated heterocycles. The molecule has 0 unspecified atom stereocenters. The molecule has 0 radical (unpaired) electrons. The lowest BCUT2D eigenvalue weighted by atomic mass is 9.84. The first kappa shape index (κ1) is 12.7. The number of hydrogen-bond acceptors (Lipinski definition) is 2. The topological polar surface area (TPSA) is 66.4 Å². The van der Waals surface area contributed by atoms with Crippen molar-refractivity contribution >= 4 is 11.9 Å². The molecule has 1 rings (SSSR count). The molecule has 0 aromatic heterocycles. The summed E-state index contributed by atoms with van der Waals surface area (Å²) in [6, 6.07) is -0.191. The van der Waals surface area contributed by atoms with Gasteiger partial charge >= 0.3 is 5.97 Å². The van der Waals surface area contributed by atoms with Crippen molar-refractivity contribution in [2.24, 2.45) is 5.92 Å². The van der Waals surface area contributed by atoms with Crippen LogP contribution in [0.2, 0.25) is 0 Å². The van der Waals surface area contributed by atoms with Crippen molar-refractivity contribution in [2.75, 3.05) is 0 Å². The monoisotopic (exact) mass is 225 g/mol. The van der Waals surface area contributed by atoms with Gasteiger partial charge in [0.05, 0.1) is 5.92 Å². The number of nitrogens with one attached hydrogen (secondary N) is 1.